The van der Waals surface area contributed by atoms with Crippen LogP contribution in [0.3, 0.4) is 0 Å². The van der Waals surface area contributed by atoms with Crippen molar-refractivity contribution in [3.63, 3.8) is 0 Å². The highest BCUT2D eigenvalue weighted by Gasteiger charge is 2.16. The highest BCUT2D eigenvalue weighted by molar-refractivity contribution is 8.03. The van der Waals surface area contributed by atoms with Crippen LogP contribution in [0.1, 0.15) is 5.56 Å². The molecule has 8 nitrogen and oxygen atoms in total. The number of hydrogen-bond acceptors (Lipinski definition) is 10. The van der Waals surface area contributed by atoms with E-state index in [1.807, 2.05) is 18.2 Å². The third-order valence-electron chi connectivity index (χ3n) is 4.02. The molecule has 33 heavy (non-hydrogen) atoms. The fraction of sp³-hybridized carbons (Fsp3) is 0.100. The normalized spacial score (nSPS) is 11.3. The van der Waals surface area contributed by atoms with Crippen molar-refractivity contribution in [3.05, 3.63) is 71.7 Å². The van der Waals surface area contributed by atoms with E-state index in [1.54, 1.807) is 29.3 Å². The maximum absolute atomic E-state index is 12.4. The monoisotopic (exact) mass is 535 g/mol. The maximum atomic E-state index is 12.4. The molecule has 2 heterocycles. The van der Waals surface area contributed by atoms with Crippen LogP contribution in [0.5, 0.6) is 0 Å². The number of anilines is 2. The van der Waals surface area contributed by atoms with Crippen molar-refractivity contribution in [1.82, 2.24) is 15.2 Å². The summed E-state index contributed by atoms with van der Waals surface area (Å²) < 4.78 is 28.7. The van der Waals surface area contributed by atoms with Gasteiger partial charge in [-0.15, -0.1) is 21.5 Å². The van der Waals surface area contributed by atoms with Gasteiger partial charge in [-0.05, 0) is 29.8 Å². The second-order valence-corrected chi connectivity index (χ2v) is 12.4. The van der Waals surface area contributed by atoms with Crippen LogP contribution in [-0.2, 0) is 20.6 Å². The predicted molar refractivity (Wildman–Crippen MR) is 135 cm³/mol. The SMILES string of the molecule is O=C(CSc1nnc(SCc2ccccc2)s1)Nc1ccc(S(=O)(=O)Nc2nccs2)cc1. The number of nitrogens with zero attached hydrogens (tertiary/aromatic N) is 3. The van der Waals surface area contributed by atoms with Gasteiger partial charge in [-0.25, -0.2) is 13.4 Å². The van der Waals surface area contributed by atoms with Gasteiger partial charge in [-0.1, -0.05) is 65.2 Å². The zero-order valence-electron chi connectivity index (χ0n) is 16.9. The Kier molecular flexibility index (Phi) is 7.98. The molecule has 4 rings (SSSR count). The van der Waals surface area contributed by atoms with Gasteiger partial charge in [-0.2, -0.15) is 0 Å². The van der Waals surface area contributed by atoms with Crippen LogP contribution >= 0.6 is 46.2 Å². The number of carbonyl (C=O) groups excluding carboxylic acids is 1. The lowest BCUT2D eigenvalue weighted by Crippen LogP contribution is -2.15. The molecule has 2 N–H and O–H groups in total. The summed E-state index contributed by atoms with van der Waals surface area (Å²) in [5, 5.41) is 13.0. The summed E-state index contributed by atoms with van der Waals surface area (Å²) in [6, 6.07) is 16.1. The van der Waals surface area contributed by atoms with Gasteiger partial charge in [0.05, 0.1) is 10.6 Å². The van der Waals surface area contributed by atoms with Crippen LogP contribution in [0.25, 0.3) is 0 Å². The molecule has 170 valence electrons. The molecule has 0 aliphatic carbocycles. The van der Waals surface area contributed by atoms with Gasteiger partial charge in [-0.3, -0.25) is 9.52 Å². The van der Waals surface area contributed by atoms with Gasteiger partial charge in [0.15, 0.2) is 13.8 Å². The molecule has 0 aliphatic heterocycles. The number of sulfonamides is 1. The van der Waals surface area contributed by atoms with Crippen molar-refractivity contribution in [2.45, 2.75) is 19.3 Å². The first-order valence-corrected chi connectivity index (χ1v) is 14.6. The van der Waals surface area contributed by atoms with Gasteiger partial charge in [0, 0.05) is 23.0 Å². The molecule has 0 aliphatic rings. The fourth-order valence-electron chi connectivity index (χ4n) is 2.52. The molecule has 2 aromatic carbocycles. The molecule has 4 aromatic rings. The third kappa shape index (κ3) is 7.01. The minimum atomic E-state index is -3.73. The summed E-state index contributed by atoms with van der Waals surface area (Å²) in [5.74, 6) is 0.764. The number of benzene rings is 2. The van der Waals surface area contributed by atoms with Crippen LogP contribution in [0.2, 0.25) is 0 Å². The van der Waals surface area contributed by atoms with E-state index in [9.17, 15) is 13.2 Å². The number of amides is 1. The van der Waals surface area contributed by atoms with E-state index in [1.165, 1.54) is 58.3 Å². The molecule has 0 atom stereocenters. The lowest BCUT2D eigenvalue weighted by molar-refractivity contribution is -0.113. The van der Waals surface area contributed by atoms with Gasteiger partial charge in [0.1, 0.15) is 0 Å². The van der Waals surface area contributed by atoms with Crippen LogP contribution in [-0.4, -0.2) is 35.3 Å². The van der Waals surface area contributed by atoms with Crippen molar-refractivity contribution in [2.24, 2.45) is 0 Å². The molecule has 0 fully saturated rings. The molecular formula is C20H17N5O3S5. The van der Waals surface area contributed by atoms with E-state index in [0.717, 1.165) is 14.4 Å². The Bertz CT molecular complexity index is 1290. The number of carbonyl (C=O) groups is 1. The minimum Gasteiger partial charge on any atom is -0.325 e. The number of thiazole rings is 1. The van der Waals surface area contributed by atoms with Crippen molar-refractivity contribution in [1.29, 1.82) is 0 Å². The van der Waals surface area contributed by atoms with Crippen molar-refractivity contribution in [2.75, 3.05) is 15.8 Å². The van der Waals surface area contributed by atoms with E-state index < -0.39 is 10.0 Å². The summed E-state index contributed by atoms with van der Waals surface area (Å²) in [5.41, 5.74) is 1.72. The van der Waals surface area contributed by atoms with E-state index >= 15 is 0 Å². The quantitative estimate of drug-likeness (QED) is 0.278. The standard InChI is InChI=1S/C20H17N5O3S5/c26-17(13-31-20-24-23-19(32-20)30-12-14-4-2-1-3-5-14)22-15-6-8-16(9-7-15)33(27,28)25-18-21-10-11-29-18/h1-11H,12-13H2,(H,21,25)(H,22,26). The fourth-order valence-corrected chi connectivity index (χ4v) is 7.09. The van der Waals surface area contributed by atoms with Gasteiger partial charge in [0.2, 0.25) is 5.91 Å². The molecule has 0 radical (unpaired) electrons. The maximum Gasteiger partial charge on any atom is 0.263 e. The van der Waals surface area contributed by atoms with E-state index in [0.29, 0.717) is 10.8 Å². The molecule has 0 spiro atoms. The highest BCUT2D eigenvalue weighted by atomic mass is 32.2. The summed E-state index contributed by atoms with van der Waals surface area (Å²) in [6.45, 7) is 0. The molecule has 1 amide bonds. The minimum absolute atomic E-state index is 0.0828. The lowest BCUT2D eigenvalue weighted by atomic mass is 10.2. The van der Waals surface area contributed by atoms with E-state index in [4.69, 9.17) is 0 Å². The molecule has 0 bridgehead atoms. The summed E-state index contributed by atoms with van der Waals surface area (Å²) >= 11 is 5.56. The summed E-state index contributed by atoms with van der Waals surface area (Å²) in [4.78, 5) is 16.3. The number of hydrogen-bond donors (Lipinski definition) is 2. The average molecular weight is 536 g/mol. The molecular weight excluding hydrogens is 519 g/mol. The van der Waals surface area contributed by atoms with Crippen LogP contribution < -0.4 is 10.0 Å². The zero-order valence-corrected chi connectivity index (χ0v) is 21.0. The van der Waals surface area contributed by atoms with E-state index in [-0.39, 0.29) is 16.6 Å². The van der Waals surface area contributed by atoms with Gasteiger partial charge >= 0.3 is 0 Å². The van der Waals surface area contributed by atoms with Gasteiger partial charge < -0.3 is 5.32 Å². The van der Waals surface area contributed by atoms with Crippen molar-refractivity contribution < 1.29 is 13.2 Å². The average Bonchev–Trinajstić information content (AvgIpc) is 3.49. The number of thioether (sulfide) groups is 2. The highest BCUT2D eigenvalue weighted by Crippen LogP contribution is 2.30. The number of rotatable bonds is 10. The topological polar surface area (TPSA) is 114 Å². The van der Waals surface area contributed by atoms with Crippen LogP contribution in [0.15, 0.2) is 79.7 Å². The number of aromatic nitrogens is 3. The number of nitrogens with one attached hydrogen (secondary N) is 2. The Labute approximate surface area is 207 Å². The summed E-state index contributed by atoms with van der Waals surface area (Å²) in [7, 11) is -3.73. The smallest absolute Gasteiger partial charge is 0.263 e. The first-order valence-electron chi connectivity index (χ1n) is 9.43. The first-order chi connectivity index (χ1) is 16.0. The zero-order chi connectivity index (χ0) is 23.1. The third-order valence-corrected chi connectivity index (χ3v) is 9.46. The Balaban J connectivity index is 1.25. The second-order valence-electron chi connectivity index (χ2n) is 6.41. The molecule has 0 unspecified atom stereocenters. The van der Waals surface area contributed by atoms with Crippen molar-refractivity contribution in [3.8, 4) is 0 Å². The Morgan fingerprint density at radius 2 is 1.70 bits per heavy atom. The largest absolute Gasteiger partial charge is 0.325 e. The van der Waals surface area contributed by atoms with Crippen LogP contribution in [0.4, 0.5) is 10.8 Å². The second kappa shape index (κ2) is 11.1. The van der Waals surface area contributed by atoms with Gasteiger partial charge in [0.25, 0.3) is 10.0 Å². The molecule has 0 saturated heterocycles. The lowest BCUT2D eigenvalue weighted by Gasteiger charge is -2.07. The van der Waals surface area contributed by atoms with E-state index in [2.05, 4.69) is 37.4 Å². The predicted octanol–water partition coefficient (Wildman–Crippen LogP) is 4.82. The Morgan fingerprint density at radius 1 is 0.970 bits per heavy atom. The Hall–Kier alpha value is -2.45. The molecule has 0 saturated carbocycles. The first kappa shape index (κ1) is 23.7. The summed E-state index contributed by atoms with van der Waals surface area (Å²) in [6.07, 6.45) is 1.52. The molecule has 2 aromatic heterocycles. The molecule has 13 heteroatoms. The Morgan fingerprint density at radius 3 is 2.39 bits per heavy atom. The van der Waals surface area contributed by atoms with Crippen LogP contribution in [0, 0.1) is 0 Å². The van der Waals surface area contributed by atoms with Crippen molar-refractivity contribution >= 4 is 72.9 Å².